The number of aryl methyl sites for hydroxylation is 2. The number of rotatable bonds is 4. The molecule has 4 aromatic rings. The first-order valence-electron chi connectivity index (χ1n) is 8.95. The van der Waals surface area contributed by atoms with Crippen LogP contribution in [0.25, 0.3) is 20.8 Å². The predicted molar refractivity (Wildman–Crippen MR) is 119 cm³/mol. The molecular formula is C20H16ClN3OS3. The van der Waals surface area contributed by atoms with Gasteiger partial charge in [-0.3, -0.25) is 9.36 Å². The molecule has 0 bridgehead atoms. The second-order valence-electron chi connectivity index (χ2n) is 6.71. The maximum absolute atomic E-state index is 12.9. The number of halogens is 1. The number of aromatic nitrogens is 3. The van der Waals surface area contributed by atoms with Crippen LogP contribution >= 0.6 is 46.0 Å². The van der Waals surface area contributed by atoms with E-state index >= 15 is 0 Å². The zero-order valence-electron chi connectivity index (χ0n) is 15.1. The molecule has 1 aliphatic carbocycles. The second kappa shape index (κ2) is 7.30. The molecular weight excluding hydrogens is 430 g/mol. The lowest BCUT2D eigenvalue weighted by Gasteiger charge is -2.06. The number of nitrogens with zero attached hydrogens (tertiary/aromatic N) is 3. The Hall–Kier alpha value is -1.67. The van der Waals surface area contributed by atoms with Gasteiger partial charge in [-0.1, -0.05) is 41.6 Å². The fraction of sp³-hybridized carbons (Fsp3) is 0.250. The summed E-state index contributed by atoms with van der Waals surface area (Å²) in [5, 5.41) is 5.23. The average molecular weight is 446 g/mol. The molecule has 0 radical (unpaired) electrons. The van der Waals surface area contributed by atoms with Crippen LogP contribution in [0.5, 0.6) is 0 Å². The molecule has 4 nitrogen and oxygen atoms in total. The molecule has 142 valence electrons. The van der Waals surface area contributed by atoms with E-state index in [1.54, 1.807) is 39.0 Å². The minimum Gasteiger partial charge on any atom is -0.290 e. The van der Waals surface area contributed by atoms with E-state index in [1.165, 1.54) is 10.4 Å². The summed E-state index contributed by atoms with van der Waals surface area (Å²) in [6.07, 6.45) is 3.22. The summed E-state index contributed by atoms with van der Waals surface area (Å²) in [6, 6.07) is 7.73. The third-order valence-electron chi connectivity index (χ3n) is 4.91. The zero-order chi connectivity index (χ0) is 19.3. The molecule has 0 saturated carbocycles. The molecule has 1 aromatic carbocycles. The van der Waals surface area contributed by atoms with Gasteiger partial charge < -0.3 is 0 Å². The maximum Gasteiger partial charge on any atom is 0.262 e. The van der Waals surface area contributed by atoms with Gasteiger partial charge in [-0.05, 0) is 30.9 Å². The van der Waals surface area contributed by atoms with Gasteiger partial charge in [-0.15, -0.1) is 22.7 Å². The van der Waals surface area contributed by atoms with Gasteiger partial charge in [-0.25, -0.2) is 9.97 Å². The molecule has 28 heavy (non-hydrogen) atoms. The van der Waals surface area contributed by atoms with Crippen LogP contribution in [0.4, 0.5) is 0 Å². The van der Waals surface area contributed by atoms with E-state index in [4.69, 9.17) is 21.6 Å². The highest BCUT2D eigenvalue weighted by atomic mass is 35.5. The molecule has 1 aliphatic rings. The summed E-state index contributed by atoms with van der Waals surface area (Å²) in [7, 11) is 1.81. The highest BCUT2D eigenvalue weighted by Gasteiger charge is 2.22. The molecule has 3 heterocycles. The Kier molecular flexibility index (Phi) is 4.79. The highest BCUT2D eigenvalue weighted by Crippen LogP contribution is 2.36. The Balaban J connectivity index is 1.42. The van der Waals surface area contributed by atoms with Crippen molar-refractivity contribution in [3.8, 4) is 10.6 Å². The van der Waals surface area contributed by atoms with Crippen LogP contribution in [0, 0.1) is 0 Å². The molecule has 0 atom stereocenters. The van der Waals surface area contributed by atoms with Gasteiger partial charge in [0.25, 0.3) is 5.56 Å². The quantitative estimate of drug-likeness (QED) is 0.305. The van der Waals surface area contributed by atoms with E-state index in [9.17, 15) is 4.79 Å². The Morgan fingerprint density at radius 2 is 2.11 bits per heavy atom. The van der Waals surface area contributed by atoms with E-state index in [1.807, 2.05) is 36.7 Å². The zero-order valence-corrected chi connectivity index (χ0v) is 18.3. The van der Waals surface area contributed by atoms with Crippen molar-refractivity contribution in [3.05, 3.63) is 61.2 Å². The summed E-state index contributed by atoms with van der Waals surface area (Å²) >= 11 is 11.1. The lowest BCUT2D eigenvalue weighted by Crippen LogP contribution is -2.20. The van der Waals surface area contributed by atoms with Crippen molar-refractivity contribution >= 4 is 56.3 Å². The molecule has 0 unspecified atom stereocenters. The summed E-state index contributed by atoms with van der Waals surface area (Å²) in [6.45, 7) is 0. The van der Waals surface area contributed by atoms with Crippen molar-refractivity contribution in [2.75, 3.05) is 0 Å². The van der Waals surface area contributed by atoms with Crippen molar-refractivity contribution in [1.82, 2.24) is 14.5 Å². The van der Waals surface area contributed by atoms with Crippen LogP contribution in [-0.2, 0) is 25.6 Å². The van der Waals surface area contributed by atoms with Crippen LogP contribution in [0.3, 0.4) is 0 Å². The first-order valence-corrected chi connectivity index (χ1v) is 12.0. The Labute approximate surface area is 179 Å². The average Bonchev–Trinajstić information content (AvgIpc) is 3.39. The van der Waals surface area contributed by atoms with Gasteiger partial charge >= 0.3 is 0 Å². The van der Waals surface area contributed by atoms with Gasteiger partial charge in [0.1, 0.15) is 9.84 Å². The van der Waals surface area contributed by atoms with E-state index in [-0.39, 0.29) is 5.56 Å². The molecule has 0 spiro atoms. The lowest BCUT2D eigenvalue weighted by atomic mass is 10.2. The number of thiophene rings is 1. The van der Waals surface area contributed by atoms with Gasteiger partial charge in [-0.2, -0.15) is 0 Å². The first kappa shape index (κ1) is 18.4. The largest absolute Gasteiger partial charge is 0.290 e. The third kappa shape index (κ3) is 3.10. The monoisotopic (exact) mass is 445 g/mol. The molecule has 0 aliphatic heterocycles. The summed E-state index contributed by atoms with van der Waals surface area (Å²) in [5.41, 5.74) is 3.22. The minimum atomic E-state index is 0.0712. The standard InChI is InChI=1S/C20H16ClN3OS3/c1-24-19(25)16-13-6-4-8-15(13)28-18(16)23-20(24)27-10-11-9-26-17(22-11)12-5-2-3-7-14(12)21/h2-3,5,7,9H,4,6,8,10H2,1H3. The molecule has 0 fully saturated rings. The van der Waals surface area contributed by atoms with Gasteiger partial charge in [0.05, 0.1) is 16.1 Å². The van der Waals surface area contributed by atoms with Gasteiger partial charge in [0.2, 0.25) is 0 Å². The summed E-state index contributed by atoms with van der Waals surface area (Å²) in [4.78, 5) is 24.6. The van der Waals surface area contributed by atoms with Crippen molar-refractivity contribution in [2.24, 2.45) is 7.05 Å². The number of fused-ring (bicyclic) bond motifs is 3. The predicted octanol–water partition coefficient (Wildman–Crippen LogP) is 5.55. The van der Waals surface area contributed by atoms with Crippen molar-refractivity contribution < 1.29 is 0 Å². The molecule has 0 saturated heterocycles. The molecule has 8 heteroatoms. The van der Waals surface area contributed by atoms with Gasteiger partial charge in [0, 0.05) is 28.6 Å². The van der Waals surface area contributed by atoms with Gasteiger partial charge in [0.15, 0.2) is 5.16 Å². The number of hydrogen-bond donors (Lipinski definition) is 0. The van der Waals surface area contributed by atoms with Crippen molar-refractivity contribution in [2.45, 2.75) is 30.2 Å². The van der Waals surface area contributed by atoms with E-state index in [0.717, 1.165) is 50.9 Å². The minimum absolute atomic E-state index is 0.0712. The van der Waals surface area contributed by atoms with Crippen LogP contribution in [0.2, 0.25) is 5.02 Å². The van der Waals surface area contributed by atoms with Crippen LogP contribution in [0.1, 0.15) is 22.6 Å². The summed E-state index contributed by atoms with van der Waals surface area (Å²) < 4.78 is 1.68. The highest BCUT2D eigenvalue weighted by molar-refractivity contribution is 7.98. The van der Waals surface area contributed by atoms with E-state index < -0.39 is 0 Å². The van der Waals surface area contributed by atoms with Crippen LogP contribution in [0.15, 0.2) is 39.6 Å². The normalized spacial score (nSPS) is 13.4. The fourth-order valence-corrected chi connectivity index (χ4v) is 6.92. The van der Waals surface area contributed by atoms with Crippen molar-refractivity contribution in [1.29, 1.82) is 0 Å². The van der Waals surface area contributed by atoms with Crippen LogP contribution in [-0.4, -0.2) is 14.5 Å². The van der Waals surface area contributed by atoms with Crippen LogP contribution < -0.4 is 5.56 Å². The molecule has 0 N–H and O–H groups in total. The number of thiazole rings is 1. The number of thioether (sulfide) groups is 1. The Bertz CT molecular complexity index is 1260. The fourth-order valence-electron chi connectivity index (χ4n) is 3.50. The molecule has 0 amide bonds. The van der Waals surface area contributed by atoms with E-state index in [0.29, 0.717) is 10.8 Å². The molecule has 3 aromatic heterocycles. The number of hydrogen-bond acceptors (Lipinski definition) is 6. The maximum atomic E-state index is 12.9. The van der Waals surface area contributed by atoms with Crippen molar-refractivity contribution in [3.63, 3.8) is 0 Å². The SMILES string of the molecule is Cn1c(SCc2csc(-c3ccccc3Cl)n2)nc2sc3c(c2c1=O)CCC3. The third-order valence-corrected chi connectivity index (χ3v) is 8.41. The Morgan fingerprint density at radius 1 is 1.25 bits per heavy atom. The topological polar surface area (TPSA) is 47.8 Å². The smallest absolute Gasteiger partial charge is 0.262 e. The second-order valence-corrected chi connectivity index (χ2v) is 10.00. The lowest BCUT2D eigenvalue weighted by molar-refractivity contribution is 0.726. The molecule has 5 rings (SSSR count). The first-order chi connectivity index (χ1) is 13.6. The Morgan fingerprint density at radius 3 is 2.96 bits per heavy atom. The summed E-state index contributed by atoms with van der Waals surface area (Å²) in [5.74, 6) is 0.665. The van der Waals surface area contributed by atoms with E-state index in [2.05, 4.69) is 0 Å². The number of benzene rings is 1.